The predicted octanol–water partition coefficient (Wildman–Crippen LogP) is 4.07. The van der Waals surface area contributed by atoms with Gasteiger partial charge in [0.05, 0.1) is 23.0 Å². The van der Waals surface area contributed by atoms with Gasteiger partial charge in [-0.25, -0.2) is 9.97 Å². The molecule has 4 aromatic rings. The van der Waals surface area contributed by atoms with E-state index in [-0.39, 0.29) is 5.91 Å². The highest BCUT2D eigenvalue weighted by Gasteiger charge is 2.15. The highest BCUT2D eigenvalue weighted by atomic mass is 16.1. The minimum absolute atomic E-state index is 0.212. The molecule has 6 nitrogen and oxygen atoms in total. The third kappa shape index (κ3) is 3.42. The second-order valence-electron chi connectivity index (χ2n) is 6.28. The Kier molecular flexibility index (Phi) is 4.38. The van der Waals surface area contributed by atoms with E-state index < -0.39 is 0 Å². The number of carbonyl (C=O) groups excluding carboxylic acids is 1. The van der Waals surface area contributed by atoms with Crippen molar-refractivity contribution in [3.8, 4) is 11.3 Å². The van der Waals surface area contributed by atoms with Crippen molar-refractivity contribution < 1.29 is 4.79 Å². The molecule has 4 rings (SSSR count). The van der Waals surface area contributed by atoms with Crippen molar-refractivity contribution >= 4 is 22.6 Å². The lowest BCUT2D eigenvalue weighted by atomic mass is 10.0. The first-order valence-electron chi connectivity index (χ1n) is 8.81. The van der Waals surface area contributed by atoms with Crippen LogP contribution in [0.2, 0.25) is 0 Å². The molecule has 0 atom stereocenters. The lowest BCUT2D eigenvalue weighted by molar-refractivity contribution is 0.102. The fourth-order valence-corrected chi connectivity index (χ4v) is 2.98. The molecule has 0 spiro atoms. The number of amides is 1. The molecule has 6 heteroatoms. The molecule has 0 saturated heterocycles. The van der Waals surface area contributed by atoms with Crippen molar-refractivity contribution in [2.45, 2.75) is 20.4 Å². The standard InChI is InChI=1S/C21H19N5O/c1-3-26-13-15(12-22-26)19-11-17(16-8-4-5-9-18(16)24-19)21(27)25-20-10-6-7-14(2)23-20/h4-13H,3H2,1-2H3,(H,23,25,27). The van der Waals surface area contributed by atoms with Gasteiger partial charge in [0, 0.05) is 29.4 Å². The van der Waals surface area contributed by atoms with Crippen LogP contribution >= 0.6 is 0 Å². The highest BCUT2D eigenvalue weighted by molar-refractivity contribution is 6.12. The number of fused-ring (bicyclic) bond motifs is 1. The van der Waals surface area contributed by atoms with E-state index in [9.17, 15) is 4.79 Å². The van der Waals surface area contributed by atoms with E-state index in [1.807, 2.05) is 67.2 Å². The summed E-state index contributed by atoms with van der Waals surface area (Å²) < 4.78 is 1.84. The van der Waals surface area contributed by atoms with Gasteiger partial charge in [-0.3, -0.25) is 9.48 Å². The second-order valence-corrected chi connectivity index (χ2v) is 6.28. The van der Waals surface area contributed by atoms with Crippen LogP contribution in [0.4, 0.5) is 5.82 Å². The summed E-state index contributed by atoms with van der Waals surface area (Å²) in [4.78, 5) is 22.0. The zero-order valence-corrected chi connectivity index (χ0v) is 15.2. The number of hydrogen-bond acceptors (Lipinski definition) is 4. The molecule has 1 amide bonds. The molecule has 0 aliphatic carbocycles. The van der Waals surface area contributed by atoms with Gasteiger partial charge in [-0.05, 0) is 38.1 Å². The van der Waals surface area contributed by atoms with Crippen LogP contribution < -0.4 is 5.32 Å². The number of nitrogens with one attached hydrogen (secondary N) is 1. The van der Waals surface area contributed by atoms with Gasteiger partial charge >= 0.3 is 0 Å². The smallest absolute Gasteiger partial charge is 0.257 e. The van der Waals surface area contributed by atoms with Gasteiger partial charge in [-0.1, -0.05) is 24.3 Å². The molecule has 3 heterocycles. The zero-order valence-electron chi connectivity index (χ0n) is 15.2. The minimum Gasteiger partial charge on any atom is -0.307 e. The fraction of sp³-hybridized carbons (Fsp3) is 0.143. The zero-order chi connectivity index (χ0) is 18.8. The van der Waals surface area contributed by atoms with Crippen LogP contribution in [0.3, 0.4) is 0 Å². The van der Waals surface area contributed by atoms with Crippen LogP contribution in [-0.2, 0) is 6.54 Å². The van der Waals surface area contributed by atoms with Gasteiger partial charge < -0.3 is 5.32 Å². The van der Waals surface area contributed by atoms with E-state index in [1.54, 1.807) is 12.3 Å². The summed E-state index contributed by atoms with van der Waals surface area (Å²) in [7, 11) is 0. The molecule has 0 aliphatic heterocycles. The maximum Gasteiger partial charge on any atom is 0.257 e. The third-order valence-corrected chi connectivity index (χ3v) is 4.34. The summed E-state index contributed by atoms with van der Waals surface area (Å²) in [6, 6.07) is 15.0. The topological polar surface area (TPSA) is 72.7 Å². The molecule has 0 radical (unpaired) electrons. The largest absolute Gasteiger partial charge is 0.307 e. The SMILES string of the molecule is CCn1cc(-c2cc(C(=O)Nc3cccc(C)n3)c3ccccc3n2)cn1. The first kappa shape index (κ1) is 16.9. The van der Waals surface area contributed by atoms with Gasteiger partial charge in [0.1, 0.15) is 5.82 Å². The number of nitrogens with zero attached hydrogens (tertiary/aromatic N) is 4. The molecule has 0 bridgehead atoms. The summed E-state index contributed by atoms with van der Waals surface area (Å²) in [5.41, 5.74) is 3.77. The van der Waals surface area contributed by atoms with E-state index in [4.69, 9.17) is 4.98 Å². The van der Waals surface area contributed by atoms with Crippen molar-refractivity contribution in [3.63, 3.8) is 0 Å². The quantitative estimate of drug-likeness (QED) is 0.597. The van der Waals surface area contributed by atoms with Crippen molar-refractivity contribution in [3.05, 3.63) is 72.2 Å². The number of benzene rings is 1. The average molecular weight is 357 g/mol. The van der Waals surface area contributed by atoms with Crippen LogP contribution in [0.5, 0.6) is 0 Å². The Morgan fingerprint density at radius 1 is 1.11 bits per heavy atom. The summed E-state index contributed by atoms with van der Waals surface area (Å²) in [5, 5.41) is 8.00. The second kappa shape index (κ2) is 6.99. The summed E-state index contributed by atoms with van der Waals surface area (Å²) in [5.74, 6) is 0.317. The molecule has 0 unspecified atom stereocenters. The van der Waals surface area contributed by atoms with Crippen molar-refractivity contribution in [1.82, 2.24) is 19.7 Å². The normalized spacial score (nSPS) is 10.9. The van der Waals surface area contributed by atoms with Crippen LogP contribution in [0.25, 0.3) is 22.2 Å². The van der Waals surface area contributed by atoms with Crippen LogP contribution in [0.1, 0.15) is 23.0 Å². The van der Waals surface area contributed by atoms with Crippen LogP contribution in [-0.4, -0.2) is 25.7 Å². The van der Waals surface area contributed by atoms with Crippen LogP contribution in [0.15, 0.2) is 60.9 Å². The van der Waals surface area contributed by atoms with Crippen LogP contribution in [0, 0.1) is 6.92 Å². The highest BCUT2D eigenvalue weighted by Crippen LogP contribution is 2.25. The Hall–Kier alpha value is -3.54. The van der Waals surface area contributed by atoms with Gasteiger partial charge in [0.15, 0.2) is 0 Å². The molecular formula is C21H19N5O. The maximum atomic E-state index is 13.0. The molecule has 27 heavy (non-hydrogen) atoms. The van der Waals surface area contributed by atoms with Crippen molar-refractivity contribution in [2.24, 2.45) is 0 Å². The first-order valence-corrected chi connectivity index (χ1v) is 8.81. The molecule has 134 valence electrons. The Bertz CT molecular complexity index is 1130. The van der Waals surface area contributed by atoms with Gasteiger partial charge in [-0.15, -0.1) is 0 Å². The lowest BCUT2D eigenvalue weighted by Gasteiger charge is -2.10. The summed E-state index contributed by atoms with van der Waals surface area (Å²) >= 11 is 0. The number of pyridine rings is 2. The van der Waals surface area contributed by atoms with Gasteiger partial charge in [0.2, 0.25) is 0 Å². The number of carbonyl (C=O) groups is 1. The molecule has 3 aromatic heterocycles. The van der Waals surface area contributed by atoms with E-state index in [2.05, 4.69) is 15.4 Å². The monoisotopic (exact) mass is 357 g/mol. The van der Waals surface area contributed by atoms with Gasteiger partial charge in [0.25, 0.3) is 5.91 Å². The molecule has 0 fully saturated rings. The number of para-hydroxylation sites is 1. The average Bonchev–Trinajstić information content (AvgIpc) is 3.16. The minimum atomic E-state index is -0.212. The molecule has 1 aromatic carbocycles. The molecular weight excluding hydrogens is 338 g/mol. The predicted molar refractivity (Wildman–Crippen MR) is 106 cm³/mol. The molecule has 0 aliphatic rings. The number of aryl methyl sites for hydroxylation is 2. The Morgan fingerprint density at radius 3 is 2.74 bits per heavy atom. The van der Waals surface area contributed by atoms with Crippen molar-refractivity contribution in [2.75, 3.05) is 5.32 Å². The molecule has 1 N–H and O–H groups in total. The lowest BCUT2D eigenvalue weighted by Crippen LogP contribution is -2.14. The fourth-order valence-electron chi connectivity index (χ4n) is 2.98. The maximum absolute atomic E-state index is 13.0. The summed E-state index contributed by atoms with van der Waals surface area (Å²) in [6.07, 6.45) is 3.70. The number of aromatic nitrogens is 4. The number of hydrogen-bond donors (Lipinski definition) is 1. The number of anilines is 1. The van der Waals surface area contributed by atoms with E-state index in [1.165, 1.54) is 0 Å². The van der Waals surface area contributed by atoms with E-state index in [0.29, 0.717) is 11.4 Å². The Labute approximate surface area is 156 Å². The third-order valence-electron chi connectivity index (χ3n) is 4.34. The van der Waals surface area contributed by atoms with Crippen molar-refractivity contribution in [1.29, 1.82) is 0 Å². The Balaban J connectivity index is 1.79. The molecule has 0 saturated carbocycles. The Morgan fingerprint density at radius 2 is 1.96 bits per heavy atom. The number of rotatable bonds is 4. The van der Waals surface area contributed by atoms with Gasteiger partial charge in [-0.2, -0.15) is 5.10 Å². The first-order chi connectivity index (χ1) is 13.1. The van der Waals surface area contributed by atoms with E-state index >= 15 is 0 Å². The summed E-state index contributed by atoms with van der Waals surface area (Å²) in [6.45, 7) is 4.69. The van der Waals surface area contributed by atoms with E-state index in [0.717, 1.165) is 34.4 Å².